The number of nitrogens with zero attached hydrogens (tertiary/aromatic N) is 2. The van der Waals surface area contributed by atoms with Crippen molar-refractivity contribution in [1.29, 1.82) is 0 Å². The third-order valence-corrected chi connectivity index (χ3v) is 3.56. The van der Waals surface area contributed by atoms with Crippen molar-refractivity contribution in [2.75, 3.05) is 39.3 Å². The maximum atomic E-state index is 10.8. The van der Waals surface area contributed by atoms with Gasteiger partial charge in [-0.15, -0.1) is 0 Å². The molecule has 4 nitrogen and oxygen atoms in total. The molecule has 1 fully saturated rings. The zero-order valence-electron chi connectivity index (χ0n) is 10.5. The second kappa shape index (κ2) is 6.86. The Kier molecular flexibility index (Phi) is 5.77. The summed E-state index contributed by atoms with van der Waals surface area (Å²) in [4.78, 5) is 15.6. The summed E-state index contributed by atoms with van der Waals surface area (Å²) in [5.74, 6) is -0.729. The van der Waals surface area contributed by atoms with E-state index in [9.17, 15) is 4.79 Å². The van der Waals surface area contributed by atoms with Crippen LogP contribution in [0, 0.1) is 5.92 Å². The van der Waals surface area contributed by atoms with Crippen LogP contribution in [0.3, 0.4) is 0 Å². The lowest BCUT2D eigenvalue weighted by atomic mass is 9.97. The average molecular weight is 228 g/mol. The van der Waals surface area contributed by atoms with Crippen LogP contribution >= 0.6 is 0 Å². The second-order valence-corrected chi connectivity index (χ2v) is 4.48. The minimum absolute atomic E-state index is 0.107. The molecule has 1 saturated heterocycles. The summed E-state index contributed by atoms with van der Waals surface area (Å²) in [7, 11) is 0. The number of carboxylic acids is 1. The molecule has 1 rings (SSSR count). The largest absolute Gasteiger partial charge is 0.481 e. The Labute approximate surface area is 98.2 Å². The van der Waals surface area contributed by atoms with Gasteiger partial charge in [0.25, 0.3) is 0 Å². The minimum atomic E-state index is -0.622. The molecule has 0 bridgehead atoms. The van der Waals surface area contributed by atoms with Gasteiger partial charge in [0.2, 0.25) is 0 Å². The molecular formula is C12H24N2O2. The molecule has 1 N–H and O–H groups in total. The average Bonchev–Trinajstić information content (AvgIpc) is 2.31. The first kappa shape index (κ1) is 13.5. The number of carboxylic acid groups (broad SMARTS) is 1. The molecule has 0 saturated carbocycles. The molecular weight excluding hydrogens is 204 g/mol. The first-order chi connectivity index (χ1) is 7.67. The lowest BCUT2D eigenvalue weighted by Gasteiger charge is -2.31. The Morgan fingerprint density at radius 1 is 1.31 bits per heavy atom. The molecule has 0 unspecified atom stereocenters. The van der Waals surface area contributed by atoms with Crippen LogP contribution in [0.4, 0.5) is 0 Å². The van der Waals surface area contributed by atoms with Gasteiger partial charge >= 0.3 is 5.97 Å². The van der Waals surface area contributed by atoms with Gasteiger partial charge in [-0.25, -0.2) is 0 Å². The predicted octanol–water partition coefficient (Wildman–Crippen LogP) is 1.12. The second-order valence-electron chi connectivity index (χ2n) is 4.48. The van der Waals surface area contributed by atoms with Gasteiger partial charge in [-0.3, -0.25) is 4.79 Å². The first-order valence-corrected chi connectivity index (χ1v) is 6.34. The standard InChI is InChI=1S/C12H24N2O2/c1-3-13(4-2)9-10-14-7-5-11(6-8-14)12(15)16/h11H,3-10H2,1-2H3,(H,15,16). The van der Waals surface area contributed by atoms with Gasteiger partial charge in [-0.2, -0.15) is 0 Å². The third kappa shape index (κ3) is 4.10. The highest BCUT2D eigenvalue weighted by Crippen LogP contribution is 2.16. The minimum Gasteiger partial charge on any atom is -0.481 e. The van der Waals surface area contributed by atoms with Crippen molar-refractivity contribution in [3.63, 3.8) is 0 Å². The van der Waals surface area contributed by atoms with Gasteiger partial charge in [0.15, 0.2) is 0 Å². The van der Waals surface area contributed by atoms with Crippen molar-refractivity contribution in [1.82, 2.24) is 9.80 Å². The van der Waals surface area contributed by atoms with E-state index < -0.39 is 5.97 Å². The molecule has 0 aromatic carbocycles. The van der Waals surface area contributed by atoms with Gasteiger partial charge in [0.1, 0.15) is 0 Å². The van der Waals surface area contributed by atoms with E-state index in [4.69, 9.17) is 5.11 Å². The van der Waals surface area contributed by atoms with Gasteiger partial charge in [0, 0.05) is 13.1 Å². The Morgan fingerprint density at radius 3 is 2.31 bits per heavy atom. The van der Waals surface area contributed by atoms with Crippen LogP contribution in [0.2, 0.25) is 0 Å². The van der Waals surface area contributed by atoms with E-state index in [0.717, 1.165) is 52.1 Å². The monoisotopic (exact) mass is 228 g/mol. The Balaban J connectivity index is 2.19. The SMILES string of the molecule is CCN(CC)CCN1CCC(C(=O)O)CC1. The Bertz CT molecular complexity index is 209. The van der Waals surface area contributed by atoms with Crippen LogP contribution < -0.4 is 0 Å². The summed E-state index contributed by atoms with van der Waals surface area (Å²) in [6, 6.07) is 0. The fourth-order valence-electron chi connectivity index (χ4n) is 2.23. The van der Waals surface area contributed by atoms with Crippen LogP contribution in [0.25, 0.3) is 0 Å². The zero-order chi connectivity index (χ0) is 12.0. The van der Waals surface area contributed by atoms with Crippen molar-refractivity contribution in [2.24, 2.45) is 5.92 Å². The fraction of sp³-hybridized carbons (Fsp3) is 0.917. The molecule has 0 radical (unpaired) electrons. The number of carbonyl (C=O) groups is 1. The summed E-state index contributed by atoms with van der Waals surface area (Å²) < 4.78 is 0. The highest BCUT2D eigenvalue weighted by atomic mass is 16.4. The topological polar surface area (TPSA) is 43.8 Å². The van der Waals surface area contributed by atoms with Crippen molar-refractivity contribution in [3.8, 4) is 0 Å². The maximum Gasteiger partial charge on any atom is 0.306 e. The van der Waals surface area contributed by atoms with Crippen LogP contribution in [0.5, 0.6) is 0 Å². The molecule has 1 heterocycles. The first-order valence-electron chi connectivity index (χ1n) is 6.34. The van der Waals surface area contributed by atoms with Gasteiger partial charge in [-0.1, -0.05) is 13.8 Å². The molecule has 0 aliphatic carbocycles. The number of piperidine rings is 1. The highest BCUT2D eigenvalue weighted by Gasteiger charge is 2.24. The molecule has 0 aromatic rings. The molecule has 16 heavy (non-hydrogen) atoms. The summed E-state index contributed by atoms with van der Waals surface area (Å²) >= 11 is 0. The molecule has 1 aliphatic rings. The van der Waals surface area contributed by atoms with Crippen molar-refractivity contribution < 1.29 is 9.90 Å². The Morgan fingerprint density at radius 2 is 1.88 bits per heavy atom. The lowest BCUT2D eigenvalue weighted by Crippen LogP contribution is -2.41. The predicted molar refractivity (Wildman–Crippen MR) is 64.6 cm³/mol. The summed E-state index contributed by atoms with van der Waals surface area (Å²) in [6.07, 6.45) is 1.63. The lowest BCUT2D eigenvalue weighted by molar-refractivity contribution is -0.143. The molecule has 0 spiro atoms. The van der Waals surface area contributed by atoms with Gasteiger partial charge in [0.05, 0.1) is 5.92 Å². The summed E-state index contributed by atoms with van der Waals surface area (Å²) in [5.41, 5.74) is 0. The summed E-state index contributed by atoms with van der Waals surface area (Å²) in [6.45, 7) is 10.6. The van der Waals surface area contributed by atoms with Crippen molar-refractivity contribution in [3.05, 3.63) is 0 Å². The van der Waals surface area contributed by atoms with Gasteiger partial charge < -0.3 is 14.9 Å². The molecule has 4 heteroatoms. The van der Waals surface area contributed by atoms with Crippen LogP contribution in [0.15, 0.2) is 0 Å². The Hall–Kier alpha value is -0.610. The number of aliphatic carboxylic acids is 1. The molecule has 1 aliphatic heterocycles. The molecule has 0 amide bonds. The van der Waals surface area contributed by atoms with E-state index in [2.05, 4.69) is 23.6 Å². The van der Waals surface area contributed by atoms with E-state index in [-0.39, 0.29) is 5.92 Å². The summed E-state index contributed by atoms with van der Waals surface area (Å²) in [5, 5.41) is 8.89. The van der Waals surface area contributed by atoms with E-state index in [1.54, 1.807) is 0 Å². The van der Waals surface area contributed by atoms with E-state index in [1.807, 2.05) is 0 Å². The van der Waals surface area contributed by atoms with E-state index >= 15 is 0 Å². The zero-order valence-corrected chi connectivity index (χ0v) is 10.5. The number of hydrogen-bond acceptors (Lipinski definition) is 3. The quantitative estimate of drug-likeness (QED) is 0.740. The van der Waals surface area contributed by atoms with Crippen LogP contribution in [-0.4, -0.2) is 60.1 Å². The molecule has 0 atom stereocenters. The number of hydrogen-bond donors (Lipinski definition) is 1. The van der Waals surface area contributed by atoms with E-state index in [0.29, 0.717) is 0 Å². The highest BCUT2D eigenvalue weighted by molar-refractivity contribution is 5.70. The smallest absolute Gasteiger partial charge is 0.306 e. The molecule has 0 aromatic heterocycles. The molecule has 94 valence electrons. The van der Waals surface area contributed by atoms with Crippen LogP contribution in [-0.2, 0) is 4.79 Å². The number of likely N-dealkylation sites (N-methyl/N-ethyl adjacent to an activating group) is 1. The number of likely N-dealkylation sites (tertiary alicyclic amines) is 1. The van der Waals surface area contributed by atoms with Crippen molar-refractivity contribution in [2.45, 2.75) is 26.7 Å². The van der Waals surface area contributed by atoms with Crippen molar-refractivity contribution >= 4 is 5.97 Å². The van der Waals surface area contributed by atoms with E-state index in [1.165, 1.54) is 0 Å². The van der Waals surface area contributed by atoms with Crippen LogP contribution in [0.1, 0.15) is 26.7 Å². The maximum absolute atomic E-state index is 10.8. The fourth-order valence-corrected chi connectivity index (χ4v) is 2.23. The van der Waals surface area contributed by atoms with Gasteiger partial charge in [-0.05, 0) is 39.0 Å². The third-order valence-electron chi connectivity index (χ3n) is 3.56. The number of rotatable bonds is 6. The normalized spacial score (nSPS) is 19.2.